The molecule has 0 unspecified atom stereocenters. The van der Waals surface area contributed by atoms with Crippen molar-refractivity contribution in [2.75, 3.05) is 7.11 Å². The van der Waals surface area contributed by atoms with E-state index in [1.165, 1.54) is 10.9 Å². The summed E-state index contributed by atoms with van der Waals surface area (Å²) >= 11 is 3.36. The van der Waals surface area contributed by atoms with Crippen LogP contribution in [0.3, 0.4) is 0 Å². The van der Waals surface area contributed by atoms with Crippen molar-refractivity contribution in [1.29, 1.82) is 0 Å². The highest BCUT2D eigenvalue weighted by atomic mass is 79.9. The van der Waals surface area contributed by atoms with E-state index in [2.05, 4.69) is 26.0 Å². The molecule has 32 heavy (non-hydrogen) atoms. The molecule has 0 radical (unpaired) electrons. The molecule has 1 amide bonds. The lowest BCUT2D eigenvalue weighted by Gasteiger charge is -2.15. The fraction of sp³-hybridized carbons (Fsp3) is 0.318. The Bertz CT molecular complexity index is 1180. The molecular formula is C22H20BrF3N4O2. The van der Waals surface area contributed by atoms with Gasteiger partial charge in [0.25, 0.3) is 5.91 Å². The van der Waals surface area contributed by atoms with Gasteiger partial charge in [0.05, 0.1) is 19.3 Å². The standard InChI is InChI=1S/C22H20BrF3N4O2/c1-3-30-12-19(20(28-30)22(24,25)26)16-6-13(9-23)7-17-18(16)11-29(21(17)31)10-14-8-15(32-2)4-5-27-14/h4-8,12H,3,9-11H2,1-2H3. The summed E-state index contributed by atoms with van der Waals surface area (Å²) in [7, 11) is 1.54. The zero-order valence-electron chi connectivity index (χ0n) is 17.4. The number of pyridine rings is 1. The fourth-order valence-electron chi connectivity index (χ4n) is 3.83. The topological polar surface area (TPSA) is 60.2 Å². The predicted molar refractivity (Wildman–Crippen MR) is 115 cm³/mol. The molecule has 0 atom stereocenters. The third-order valence-corrected chi connectivity index (χ3v) is 6.00. The summed E-state index contributed by atoms with van der Waals surface area (Å²) in [6, 6.07) is 6.86. The van der Waals surface area contributed by atoms with Crippen molar-refractivity contribution in [2.24, 2.45) is 0 Å². The van der Waals surface area contributed by atoms with Crippen LogP contribution in [0.2, 0.25) is 0 Å². The average Bonchev–Trinajstić information content (AvgIpc) is 3.35. The summed E-state index contributed by atoms with van der Waals surface area (Å²) in [6.45, 7) is 2.42. The average molecular weight is 509 g/mol. The third-order valence-electron chi connectivity index (χ3n) is 5.35. The number of carbonyl (C=O) groups excluding carboxylic acids is 1. The maximum atomic E-state index is 13.7. The highest BCUT2D eigenvalue weighted by Gasteiger charge is 2.39. The maximum Gasteiger partial charge on any atom is 0.435 e. The number of rotatable bonds is 6. The SMILES string of the molecule is CCn1cc(-c2cc(CBr)cc3c2CN(Cc2cc(OC)ccn2)C3=O)c(C(F)(F)F)n1. The Morgan fingerprint density at radius 2 is 1.94 bits per heavy atom. The van der Waals surface area contributed by atoms with Gasteiger partial charge in [-0.15, -0.1) is 0 Å². The summed E-state index contributed by atoms with van der Waals surface area (Å²) in [6.07, 6.45) is -1.63. The second-order valence-electron chi connectivity index (χ2n) is 7.40. The summed E-state index contributed by atoms with van der Waals surface area (Å²) < 4.78 is 47.7. The zero-order chi connectivity index (χ0) is 23.0. The second kappa shape index (κ2) is 8.57. The summed E-state index contributed by atoms with van der Waals surface area (Å²) in [5.41, 5.74) is 1.70. The molecule has 2 aromatic heterocycles. The lowest BCUT2D eigenvalue weighted by Crippen LogP contribution is -2.23. The molecule has 1 aromatic carbocycles. The predicted octanol–water partition coefficient (Wildman–Crippen LogP) is 5.04. The van der Waals surface area contributed by atoms with Crippen molar-refractivity contribution in [2.45, 2.75) is 38.1 Å². The number of aryl methyl sites for hydroxylation is 1. The summed E-state index contributed by atoms with van der Waals surface area (Å²) in [5, 5.41) is 4.14. The van der Waals surface area contributed by atoms with E-state index in [0.717, 1.165) is 0 Å². The lowest BCUT2D eigenvalue weighted by atomic mass is 9.94. The number of hydrogen-bond acceptors (Lipinski definition) is 4. The molecule has 0 saturated carbocycles. The highest BCUT2D eigenvalue weighted by Crippen LogP contribution is 2.41. The molecule has 168 valence electrons. The van der Waals surface area contributed by atoms with Crippen molar-refractivity contribution in [3.63, 3.8) is 0 Å². The quantitative estimate of drug-likeness (QED) is 0.437. The molecule has 0 fully saturated rings. The van der Waals surface area contributed by atoms with Crippen molar-refractivity contribution < 1.29 is 22.7 Å². The van der Waals surface area contributed by atoms with Crippen LogP contribution in [0.4, 0.5) is 13.2 Å². The molecule has 0 spiro atoms. The summed E-state index contributed by atoms with van der Waals surface area (Å²) in [4.78, 5) is 19.0. The Balaban J connectivity index is 1.78. The van der Waals surface area contributed by atoms with Crippen LogP contribution in [0.1, 0.15) is 39.8 Å². The number of methoxy groups -OCH3 is 1. The number of carbonyl (C=O) groups is 1. The van der Waals surface area contributed by atoms with Crippen LogP contribution in [0.15, 0.2) is 36.7 Å². The molecule has 10 heteroatoms. The van der Waals surface area contributed by atoms with Gasteiger partial charge in [0.2, 0.25) is 0 Å². The van der Waals surface area contributed by atoms with Gasteiger partial charge in [-0.2, -0.15) is 18.3 Å². The molecule has 6 nitrogen and oxygen atoms in total. The fourth-order valence-corrected chi connectivity index (χ4v) is 4.15. The van der Waals surface area contributed by atoms with E-state index in [-0.39, 0.29) is 24.6 Å². The molecule has 0 N–H and O–H groups in total. The van der Waals surface area contributed by atoms with Gasteiger partial charge in [-0.05, 0) is 41.8 Å². The van der Waals surface area contributed by atoms with E-state index < -0.39 is 11.9 Å². The molecule has 0 saturated heterocycles. The number of alkyl halides is 4. The van der Waals surface area contributed by atoms with Crippen LogP contribution in [0.25, 0.3) is 11.1 Å². The first-order chi connectivity index (χ1) is 15.2. The first-order valence-corrected chi connectivity index (χ1v) is 11.0. The van der Waals surface area contributed by atoms with Gasteiger partial charge in [-0.3, -0.25) is 14.5 Å². The first kappa shape index (κ1) is 22.3. The number of benzene rings is 1. The van der Waals surface area contributed by atoms with Crippen LogP contribution >= 0.6 is 15.9 Å². The van der Waals surface area contributed by atoms with Gasteiger partial charge < -0.3 is 9.64 Å². The molecule has 1 aliphatic heterocycles. The van der Waals surface area contributed by atoms with E-state index in [1.807, 2.05) is 0 Å². The second-order valence-corrected chi connectivity index (χ2v) is 7.96. The van der Waals surface area contributed by atoms with Crippen LogP contribution in [0, 0.1) is 0 Å². The van der Waals surface area contributed by atoms with Gasteiger partial charge in [0.15, 0.2) is 5.69 Å². The summed E-state index contributed by atoms with van der Waals surface area (Å²) in [5.74, 6) is 0.369. The molecule has 4 rings (SSSR count). The highest BCUT2D eigenvalue weighted by molar-refractivity contribution is 9.08. The van der Waals surface area contributed by atoms with Crippen molar-refractivity contribution in [3.05, 3.63) is 64.7 Å². The molecule has 0 bridgehead atoms. The van der Waals surface area contributed by atoms with Crippen LogP contribution in [-0.4, -0.2) is 32.7 Å². The Hall–Kier alpha value is -2.88. The lowest BCUT2D eigenvalue weighted by molar-refractivity contribution is -0.141. The molecular weight excluding hydrogens is 489 g/mol. The Labute approximate surface area is 191 Å². The monoisotopic (exact) mass is 508 g/mol. The molecule has 3 aromatic rings. The Morgan fingerprint density at radius 1 is 1.19 bits per heavy atom. The van der Waals surface area contributed by atoms with Crippen LogP contribution in [0.5, 0.6) is 5.75 Å². The first-order valence-electron chi connectivity index (χ1n) is 9.90. The minimum absolute atomic E-state index is 0.0208. The van der Waals surface area contributed by atoms with E-state index >= 15 is 0 Å². The number of aromatic nitrogens is 3. The Morgan fingerprint density at radius 3 is 2.59 bits per heavy atom. The van der Waals surface area contributed by atoms with Crippen LogP contribution in [-0.2, 0) is 31.1 Å². The number of halogens is 4. The van der Waals surface area contributed by atoms with Gasteiger partial charge >= 0.3 is 6.18 Å². The normalized spacial score (nSPS) is 13.6. The van der Waals surface area contributed by atoms with Crippen molar-refractivity contribution in [1.82, 2.24) is 19.7 Å². The van der Waals surface area contributed by atoms with E-state index in [1.54, 1.807) is 49.4 Å². The maximum absolute atomic E-state index is 13.7. The Kier molecular flexibility index (Phi) is 5.98. The molecule has 3 heterocycles. The van der Waals surface area contributed by atoms with Crippen molar-refractivity contribution in [3.8, 4) is 16.9 Å². The van der Waals surface area contributed by atoms with E-state index in [9.17, 15) is 18.0 Å². The smallest absolute Gasteiger partial charge is 0.435 e. The molecule has 0 aliphatic carbocycles. The van der Waals surface area contributed by atoms with Crippen molar-refractivity contribution >= 4 is 21.8 Å². The van der Waals surface area contributed by atoms with Gasteiger partial charge in [-0.25, -0.2) is 0 Å². The van der Waals surface area contributed by atoms with Crippen LogP contribution < -0.4 is 4.74 Å². The van der Waals surface area contributed by atoms with Gasteiger partial charge in [-0.1, -0.05) is 15.9 Å². The van der Waals surface area contributed by atoms with Gasteiger partial charge in [0, 0.05) is 48.0 Å². The number of ether oxygens (including phenoxy) is 1. The number of hydrogen-bond donors (Lipinski definition) is 0. The van der Waals surface area contributed by atoms with E-state index in [0.29, 0.717) is 45.6 Å². The minimum atomic E-state index is -4.61. The third kappa shape index (κ3) is 4.11. The number of amides is 1. The number of fused-ring (bicyclic) bond motifs is 1. The number of nitrogens with zero attached hydrogens (tertiary/aromatic N) is 4. The molecule has 1 aliphatic rings. The van der Waals surface area contributed by atoms with E-state index in [4.69, 9.17) is 4.74 Å². The zero-order valence-corrected chi connectivity index (χ0v) is 19.0. The largest absolute Gasteiger partial charge is 0.497 e. The minimum Gasteiger partial charge on any atom is -0.497 e. The van der Waals surface area contributed by atoms with Gasteiger partial charge in [0.1, 0.15) is 5.75 Å².